The van der Waals surface area contributed by atoms with Crippen molar-refractivity contribution in [1.29, 1.82) is 0 Å². The van der Waals surface area contributed by atoms with Crippen LogP contribution in [0.1, 0.15) is 47.0 Å². The van der Waals surface area contributed by atoms with Crippen molar-refractivity contribution in [3.8, 4) is 0 Å². The molecule has 1 saturated heterocycles. The van der Waals surface area contributed by atoms with Crippen molar-refractivity contribution in [3.63, 3.8) is 0 Å². The van der Waals surface area contributed by atoms with Gasteiger partial charge in [0.15, 0.2) is 0 Å². The van der Waals surface area contributed by atoms with Crippen molar-refractivity contribution < 1.29 is 0 Å². The summed E-state index contributed by atoms with van der Waals surface area (Å²) in [5.41, 5.74) is 6.53. The molecule has 0 bridgehead atoms. The van der Waals surface area contributed by atoms with Crippen LogP contribution in [-0.4, -0.2) is 40.6 Å². The van der Waals surface area contributed by atoms with Gasteiger partial charge in [-0.2, -0.15) is 11.8 Å². The third-order valence-corrected chi connectivity index (χ3v) is 6.95. The highest BCUT2D eigenvalue weighted by atomic mass is 32.2. The van der Waals surface area contributed by atoms with Gasteiger partial charge in [-0.25, -0.2) is 0 Å². The minimum absolute atomic E-state index is 0.292. The molecule has 1 aliphatic heterocycles. The molecule has 1 aliphatic carbocycles. The number of nitrogens with two attached hydrogens (primary N) is 1. The highest BCUT2D eigenvalue weighted by Crippen LogP contribution is 2.42. The van der Waals surface area contributed by atoms with Crippen molar-refractivity contribution in [3.05, 3.63) is 0 Å². The maximum atomic E-state index is 6.24. The van der Waals surface area contributed by atoms with Crippen LogP contribution in [0.3, 0.4) is 0 Å². The van der Waals surface area contributed by atoms with E-state index in [1.807, 2.05) is 0 Å². The Bertz CT molecular complexity index is 284. The topological polar surface area (TPSA) is 29.3 Å². The zero-order valence-electron chi connectivity index (χ0n) is 12.5. The molecule has 2 fully saturated rings. The molecule has 0 aromatic carbocycles. The highest BCUT2D eigenvalue weighted by Gasteiger charge is 2.44. The Kier molecular flexibility index (Phi) is 4.66. The fourth-order valence-electron chi connectivity index (χ4n) is 3.85. The van der Waals surface area contributed by atoms with Crippen molar-refractivity contribution in [2.24, 2.45) is 17.6 Å². The lowest BCUT2D eigenvalue weighted by atomic mass is 9.70. The summed E-state index contributed by atoms with van der Waals surface area (Å²) in [7, 11) is 0. The van der Waals surface area contributed by atoms with E-state index < -0.39 is 0 Å². The van der Waals surface area contributed by atoms with Crippen LogP contribution in [-0.2, 0) is 0 Å². The van der Waals surface area contributed by atoms with E-state index >= 15 is 0 Å². The molecular weight excluding hydrogens is 240 g/mol. The second kappa shape index (κ2) is 5.72. The number of hydrogen-bond donors (Lipinski definition) is 1. The van der Waals surface area contributed by atoms with Crippen molar-refractivity contribution in [2.75, 3.05) is 18.8 Å². The van der Waals surface area contributed by atoms with Gasteiger partial charge in [-0.05, 0) is 38.0 Å². The average Bonchev–Trinajstić information content (AvgIpc) is 2.36. The molecule has 2 aliphatic rings. The molecule has 2 rings (SSSR count). The highest BCUT2D eigenvalue weighted by molar-refractivity contribution is 8.00. The molecular formula is C15H30N2S. The summed E-state index contributed by atoms with van der Waals surface area (Å²) in [6.07, 6.45) is 3.95. The standard InChI is InChI=1S/C15H30N2S/c1-11-5-6-15(10-16,9-12(11)2)17-7-8-18-14(4)13(17)3/h11-14H,5-10,16H2,1-4H3. The monoisotopic (exact) mass is 270 g/mol. The first-order valence-electron chi connectivity index (χ1n) is 7.58. The Balaban J connectivity index is 2.16. The van der Waals surface area contributed by atoms with Gasteiger partial charge in [-0.1, -0.05) is 20.8 Å². The number of rotatable bonds is 2. The fourth-order valence-corrected chi connectivity index (χ4v) is 4.95. The Morgan fingerprint density at radius 2 is 1.94 bits per heavy atom. The summed E-state index contributed by atoms with van der Waals surface area (Å²) in [4.78, 5) is 2.76. The maximum absolute atomic E-state index is 6.24. The molecule has 1 saturated carbocycles. The van der Waals surface area contributed by atoms with Crippen LogP contribution < -0.4 is 5.73 Å². The van der Waals surface area contributed by atoms with E-state index in [2.05, 4.69) is 44.4 Å². The molecule has 0 radical (unpaired) electrons. The number of hydrogen-bond acceptors (Lipinski definition) is 3. The van der Waals surface area contributed by atoms with Crippen molar-refractivity contribution >= 4 is 11.8 Å². The van der Waals surface area contributed by atoms with Crippen LogP contribution in [0.2, 0.25) is 0 Å². The minimum Gasteiger partial charge on any atom is -0.329 e. The molecule has 18 heavy (non-hydrogen) atoms. The summed E-state index contributed by atoms with van der Waals surface area (Å²) >= 11 is 2.12. The Hall–Kier alpha value is 0.270. The zero-order chi connectivity index (χ0) is 13.3. The zero-order valence-corrected chi connectivity index (χ0v) is 13.3. The molecule has 0 aromatic rings. The molecule has 2 N–H and O–H groups in total. The van der Waals surface area contributed by atoms with Gasteiger partial charge in [0.2, 0.25) is 0 Å². The van der Waals surface area contributed by atoms with Gasteiger partial charge in [-0.3, -0.25) is 4.90 Å². The molecule has 106 valence electrons. The molecule has 0 aromatic heterocycles. The molecule has 3 heteroatoms. The summed E-state index contributed by atoms with van der Waals surface area (Å²) in [5.74, 6) is 2.97. The number of thioether (sulfide) groups is 1. The van der Waals surface area contributed by atoms with Gasteiger partial charge in [-0.15, -0.1) is 0 Å². The summed E-state index contributed by atoms with van der Waals surface area (Å²) < 4.78 is 0. The summed E-state index contributed by atoms with van der Waals surface area (Å²) in [6.45, 7) is 11.7. The van der Waals surface area contributed by atoms with Gasteiger partial charge >= 0.3 is 0 Å². The maximum Gasteiger partial charge on any atom is 0.0338 e. The second-order valence-corrected chi connectivity index (χ2v) is 8.12. The van der Waals surface area contributed by atoms with E-state index in [0.717, 1.165) is 23.6 Å². The lowest BCUT2D eigenvalue weighted by Gasteiger charge is -2.54. The molecule has 5 unspecified atom stereocenters. The normalized spacial score (nSPS) is 47.2. The second-order valence-electron chi connectivity index (χ2n) is 6.64. The van der Waals surface area contributed by atoms with Crippen LogP contribution in [0.15, 0.2) is 0 Å². The minimum atomic E-state index is 0.292. The number of nitrogens with zero attached hydrogens (tertiary/aromatic N) is 1. The third-order valence-electron chi connectivity index (χ3n) is 5.61. The average molecular weight is 270 g/mol. The molecule has 5 atom stereocenters. The Labute approximate surface area is 117 Å². The predicted octanol–water partition coefficient (Wildman–Crippen LogP) is 2.97. The Morgan fingerprint density at radius 1 is 1.22 bits per heavy atom. The van der Waals surface area contributed by atoms with E-state index in [0.29, 0.717) is 11.6 Å². The fraction of sp³-hybridized carbons (Fsp3) is 1.00. The smallest absolute Gasteiger partial charge is 0.0338 e. The molecule has 1 heterocycles. The van der Waals surface area contributed by atoms with Crippen LogP contribution in [0.5, 0.6) is 0 Å². The first-order chi connectivity index (χ1) is 8.50. The van der Waals surface area contributed by atoms with Gasteiger partial charge in [0.05, 0.1) is 0 Å². The van der Waals surface area contributed by atoms with Gasteiger partial charge < -0.3 is 5.73 Å². The summed E-state index contributed by atoms with van der Waals surface area (Å²) in [5, 5.41) is 0.747. The van der Waals surface area contributed by atoms with Crippen LogP contribution >= 0.6 is 11.8 Å². The van der Waals surface area contributed by atoms with E-state index in [9.17, 15) is 0 Å². The van der Waals surface area contributed by atoms with Gasteiger partial charge in [0.1, 0.15) is 0 Å². The third kappa shape index (κ3) is 2.59. The van der Waals surface area contributed by atoms with Gasteiger partial charge in [0.25, 0.3) is 0 Å². The first-order valence-corrected chi connectivity index (χ1v) is 8.63. The Morgan fingerprint density at radius 3 is 2.56 bits per heavy atom. The van der Waals surface area contributed by atoms with Crippen LogP contribution in [0.4, 0.5) is 0 Å². The molecule has 0 spiro atoms. The van der Waals surface area contributed by atoms with Crippen molar-refractivity contribution in [1.82, 2.24) is 4.90 Å². The predicted molar refractivity (Wildman–Crippen MR) is 82.1 cm³/mol. The largest absolute Gasteiger partial charge is 0.329 e. The van der Waals surface area contributed by atoms with E-state index in [1.54, 1.807) is 0 Å². The SMILES string of the molecule is CC1CCC(CN)(N2CCSC(C)C2C)CC1C. The van der Waals surface area contributed by atoms with Crippen LogP contribution in [0.25, 0.3) is 0 Å². The lowest BCUT2D eigenvalue weighted by molar-refractivity contribution is -0.00245. The van der Waals surface area contributed by atoms with E-state index in [4.69, 9.17) is 5.73 Å². The molecule has 0 amide bonds. The molecule has 2 nitrogen and oxygen atoms in total. The first kappa shape index (κ1) is 14.7. The van der Waals surface area contributed by atoms with E-state index in [-0.39, 0.29) is 0 Å². The summed E-state index contributed by atoms with van der Waals surface area (Å²) in [6, 6.07) is 0.674. The lowest BCUT2D eigenvalue weighted by Crippen LogP contribution is -2.63. The van der Waals surface area contributed by atoms with Crippen molar-refractivity contribution in [2.45, 2.75) is 63.8 Å². The van der Waals surface area contributed by atoms with Gasteiger partial charge in [0, 0.05) is 35.7 Å². The van der Waals surface area contributed by atoms with E-state index in [1.165, 1.54) is 31.6 Å². The van der Waals surface area contributed by atoms with Crippen LogP contribution in [0, 0.1) is 11.8 Å². The quantitative estimate of drug-likeness (QED) is 0.836.